The van der Waals surface area contributed by atoms with Crippen molar-refractivity contribution in [1.82, 2.24) is 29.2 Å². The van der Waals surface area contributed by atoms with Crippen molar-refractivity contribution < 1.29 is 23.5 Å². The molecule has 12 heteroatoms. The number of hydrogen-bond acceptors (Lipinski definition) is 10. The van der Waals surface area contributed by atoms with Gasteiger partial charge in [-0.15, -0.1) is 0 Å². The molecule has 1 spiro atoms. The summed E-state index contributed by atoms with van der Waals surface area (Å²) in [7, 11) is 5.53. The number of Topliss-reactive ketones (excluding diaryl/α,β-unsaturated/α-hetero) is 1. The predicted molar refractivity (Wildman–Crippen MR) is 153 cm³/mol. The predicted octanol–water partition coefficient (Wildman–Crippen LogP) is 2.95. The average Bonchev–Trinajstić information content (AvgIpc) is 3.77. The van der Waals surface area contributed by atoms with Crippen LogP contribution in [0.4, 0.5) is 0 Å². The van der Waals surface area contributed by atoms with E-state index in [1.165, 1.54) is 0 Å². The van der Waals surface area contributed by atoms with E-state index in [2.05, 4.69) is 17.1 Å². The summed E-state index contributed by atoms with van der Waals surface area (Å²) in [6, 6.07) is -0.124. The van der Waals surface area contributed by atoms with Gasteiger partial charge >= 0.3 is 5.69 Å². The molecule has 7 rings (SSSR count). The highest BCUT2D eigenvalue weighted by molar-refractivity contribution is 5.91. The zero-order valence-electron chi connectivity index (χ0n) is 24.9. The summed E-state index contributed by atoms with van der Waals surface area (Å²) in [5, 5.41) is 4.51. The van der Waals surface area contributed by atoms with Crippen molar-refractivity contribution in [3.8, 4) is 17.5 Å². The Morgan fingerprint density at radius 3 is 2.67 bits per heavy atom. The minimum atomic E-state index is -0.580. The van der Waals surface area contributed by atoms with Crippen LogP contribution in [0.5, 0.6) is 5.88 Å². The molecular weight excluding hydrogens is 540 g/mol. The fourth-order valence-corrected chi connectivity index (χ4v) is 7.95. The first-order valence-electron chi connectivity index (χ1n) is 15.3. The van der Waals surface area contributed by atoms with Gasteiger partial charge < -0.3 is 18.7 Å². The van der Waals surface area contributed by atoms with Gasteiger partial charge in [-0.3, -0.25) is 18.8 Å². The number of ether oxygens (including phenoxy) is 3. The molecule has 4 aliphatic rings. The van der Waals surface area contributed by atoms with Crippen LogP contribution in [0.3, 0.4) is 0 Å². The molecular formula is C30H40N6O6. The molecule has 0 radical (unpaired) electrons. The number of hydrogen-bond donors (Lipinski definition) is 0. The molecule has 3 fully saturated rings. The first-order valence-corrected chi connectivity index (χ1v) is 15.3. The minimum absolute atomic E-state index is 0.0148. The maximum absolute atomic E-state index is 13.6. The number of carbonyl (C=O) groups is 1. The number of nitrogens with zero attached hydrogens (tertiary/aromatic N) is 6. The molecule has 2 aliphatic heterocycles. The van der Waals surface area contributed by atoms with Crippen LogP contribution in [0.25, 0.3) is 22.7 Å². The molecule has 2 saturated heterocycles. The molecule has 12 nitrogen and oxygen atoms in total. The number of rotatable bonds is 6. The van der Waals surface area contributed by atoms with E-state index in [1.54, 1.807) is 23.3 Å². The highest BCUT2D eigenvalue weighted by Crippen LogP contribution is 2.47. The molecule has 3 aromatic heterocycles. The number of imidazole rings is 1. The Balaban J connectivity index is 1.38. The lowest BCUT2D eigenvalue weighted by Crippen LogP contribution is -2.45. The largest absolute Gasteiger partial charge is 0.471 e. The lowest BCUT2D eigenvalue weighted by atomic mass is 9.64. The first kappa shape index (κ1) is 27.7. The summed E-state index contributed by atoms with van der Waals surface area (Å²) in [5.41, 5.74) is 1.90. The van der Waals surface area contributed by atoms with E-state index in [-0.39, 0.29) is 35.8 Å². The zero-order valence-corrected chi connectivity index (χ0v) is 24.9. The number of aromatic nitrogens is 5. The quantitative estimate of drug-likeness (QED) is 0.429. The maximum atomic E-state index is 13.6. The van der Waals surface area contributed by atoms with Crippen LogP contribution >= 0.6 is 0 Å². The summed E-state index contributed by atoms with van der Waals surface area (Å²) in [4.78, 5) is 39.0. The summed E-state index contributed by atoms with van der Waals surface area (Å²) in [6.45, 7) is 3.95. The average molecular weight is 581 g/mol. The van der Waals surface area contributed by atoms with E-state index in [0.29, 0.717) is 48.3 Å². The molecule has 42 heavy (non-hydrogen) atoms. The van der Waals surface area contributed by atoms with E-state index in [9.17, 15) is 9.59 Å². The van der Waals surface area contributed by atoms with Crippen LogP contribution in [-0.4, -0.2) is 87.1 Å². The van der Waals surface area contributed by atoms with Gasteiger partial charge in [-0.2, -0.15) is 4.98 Å². The van der Waals surface area contributed by atoms with Gasteiger partial charge in [0.15, 0.2) is 11.2 Å². The Hall–Kier alpha value is -3.09. The monoisotopic (exact) mass is 580 g/mol. The fourth-order valence-electron chi connectivity index (χ4n) is 7.95. The van der Waals surface area contributed by atoms with E-state index in [4.69, 9.17) is 28.7 Å². The fraction of sp³-hybridized carbons (Fsp3) is 0.700. The summed E-state index contributed by atoms with van der Waals surface area (Å²) in [6.07, 6.45) is 7.08. The van der Waals surface area contributed by atoms with Gasteiger partial charge in [0, 0.05) is 39.3 Å². The van der Waals surface area contributed by atoms with Crippen LogP contribution in [0.15, 0.2) is 9.32 Å². The molecule has 2 aliphatic carbocycles. The van der Waals surface area contributed by atoms with Gasteiger partial charge in [0.05, 0.1) is 30.2 Å². The van der Waals surface area contributed by atoms with Crippen LogP contribution in [-0.2, 0) is 33.2 Å². The van der Waals surface area contributed by atoms with Gasteiger partial charge in [-0.1, -0.05) is 11.6 Å². The van der Waals surface area contributed by atoms with Gasteiger partial charge in [0.25, 0.3) is 0 Å². The smallest absolute Gasteiger partial charge is 0.330 e. The Morgan fingerprint density at radius 2 is 1.90 bits per heavy atom. The van der Waals surface area contributed by atoms with Crippen molar-refractivity contribution in [2.45, 2.75) is 94.4 Å². The first-order chi connectivity index (χ1) is 20.3. The highest BCUT2D eigenvalue weighted by atomic mass is 16.5. The summed E-state index contributed by atoms with van der Waals surface area (Å²) >= 11 is 0. The van der Waals surface area contributed by atoms with E-state index in [1.807, 2.05) is 6.92 Å². The third kappa shape index (κ3) is 4.16. The normalized spacial score (nSPS) is 29.0. The molecule has 0 amide bonds. The van der Waals surface area contributed by atoms with Crippen LogP contribution in [0.1, 0.15) is 75.6 Å². The Kier molecular flexibility index (Phi) is 6.98. The summed E-state index contributed by atoms with van der Waals surface area (Å²) < 4.78 is 27.4. The van der Waals surface area contributed by atoms with Gasteiger partial charge in [0.2, 0.25) is 17.5 Å². The minimum Gasteiger partial charge on any atom is -0.471 e. The number of carbonyl (C=O) groups excluding carboxylic acids is 1. The number of methoxy groups -OCH3 is 1. The number of likely N-dealkylation sites (N-methyl/N-ethyl adjacent to an activating group) is 1. The van der Waals surface area contributed by atoms with Crippen molar-refractivity contribution in [2.75, 3.05) is 33.9 Å². The number of likely N-dealkylation sites (tertiary alicyclic amines) is 1. The molecule has 3 aromatic rings. The Labute approximate surface area is 244 Å². The highest BCUT2D eigenvalue weighted by Gasteiger charge is 2.48. The molecule has 0 N–H and O–H groups in total. The van der Waals surface area contributed by atoms with Gasteiger partial charge in [-0.25, -0.2) is 9.78 Å². The lowest BCUT2D eigenvalue weighted by molar-refractivity contribution is -0.127. The van der Waals surface area contributed by atoms with E-state index < -0.39 is 5.41 Å². The molecule has 5 heterocycles. The topological polar surface area (TPSA) is 127 Å². The lowest BCUT2D eigenvalue weighted by Gasteiger charge is -2.37. The van der Waals surface area contributed by atoms with Crippen molar-refractivity contribution >= 4 is 16.9 Å². The summed E-state index contributed by atoms with van der Waals surface area (Å²) in [5.74, 6) is 1.36. The maximum Gasteiger partial charge on any atom is 0.330 e. The number of ketones is 1. The Morgan fingerprint density at radius 1 is 1.07 bits per heavy atom. The van der Waals surface area contributed by atoms with Crippen LogP contribution in [0.2, 0.25) is 0 Å². The number of aryl methyl sites for hydroxylation is 1. The third-order valence-electron chi connectivity index (χ3n) is 10.2. The second-order valence-electron chi connectivity index (χ2n) is 12.5. The molecule has 0 aromatic carbocycles. The van der Waals surface area contributed by atoms with Crippen molar-refractivity contribution in [3.05, 3.63) is 21.7 Å². The van der Waals surface area contributed by atoms with Crippen molar-refractivity contribution in [1.29, 1.82) is 0 Å². The van der Waals surface area contributed by atoms with Crippen molar-refractivity contribution in [2.24, 2.45) is 7.05 Å². The Bertz CT molecular complexity index is 1570. The molecule has 0 bridgehead atoms. The van der Waals surface area contributed by atoms with E-state index in [0.717, 1.165) is 69.2 Å². The molecule has 5 atom stereocenters. The zero-order chi connectivity index (χ0) is 29.2. The van der Waals surface area contributed by atoms with Gasteiger partial charge in [0.1, 0.15) is 17.6 Å². The molecule has 0 unspecified atom stereocenters. The second kappa shape index (κ2) is 10.6. The SMILES string of the molecule is CO[C@H]1CCN(C)[C@@H]1[C@H](C)Oc1nc(-c2onc3c2CCC[C@@]32CCCCC2=O)nc2c1n(C)c(=O)n2[C@@H]1CCOC1. The third-order valence-corrected chi connectivity index (χ3v) is 10.2. The number of fused-ring (bicyclic) bond motifs is 3. The van der Waals surface area contributed by atoms with E-state index >= 15 is 0 Å². The van der Waals surface area contributed by atoms with Crippen molar-refractivity contribution in [3.63, 3.8) is 0 Å². The van der Waals surface area contributed by atoms with Crippen LogP contribution < -0.4 is 10.4 Å². The van der Waals surface area contributed by atoms with Gasteiger partial charge in [-0.05, 0) is 58.9 Å². The standard InChI is InChI=1S/C30H40N6O6/c1-17(22-20(39-4)10-14-34(22)2)41-28-23-27(36(29(38)35(23)3)18-11-15-40-16-18)31-26(32-28)24-19-8-7-13-30(25(19)33-42-24)12-6-5-9-21(30)37/h17-18,20,22H,5-16H2,1-4H3/t17-,18+,20-,22+,30+/m0/s1. The van der Waals surface area contributed by atoms with Crippen LogP contribution in [0, 0.1) is 0 Å². The molecule has 226 valence electrons. The second-order valence-corrected chi connectivity index (χ2v) is 12.5. The molecule has 1 saturated carbocycles.